The van der Waals surface area contributed by atoms with Crippen molar-refractivity contribution in [3.63, 3.8) is 0 Å². The summed E-state index contributed by atoms with van der Waals surface area (Å²) in [5.41, 5.74) is 3.21. The molecule has 4 nitrogen and oxygen atoms in total. The first-order chi connectivity index (χ1) is 10.3. The monoisotopic (exact) mass is 284 g/mol. The fraction of sp³-hybridized carbons (Fsp3) is 0.529. The van der Waals surface area contributed by atoms with Crippen LogP contribution in [0.2, 0.25) is 0 Å². The van der Waals surface area contributed by atoms with Crippen LogP contribution in [0.15, 0.2) is 30.6 Å². The Morgan fingerprint density at radius 3 is 2.81 bits per heavy atom. The molecule has 1 saturated heterocycles. The van der Waals surface area contributed by atoms with Gasteiger partial charge in [-0.15, -0.1) is 0 Å². The number of rotatable bonds is 5. The minimum absolute atomic E-state index is 0.495. The minimum atomic E-state index is 0.495. The zero-order valence-corrected chi connectivity index (χ0v) is 12.8. The van der Waals surface area contributed by atoms with E-state index in [0.717, 1.165) is 24.1 Å². The third kappa shape index (κ3) is 3.77. The van der Waals surface area contributed by atoms with Crippen LogP contribution in [0, 0.1) is 0 Å². The predicted molar refractivity (Wildman–Crippen MR) is 86.1 cm³/mol. The molecule has 21 heavy (non-hydrogen) atoms. The second kappa shape index (κ2) is 6.96. The highest BCUT2D eigenvalue weighted by Crippen LogP contribution is 2.14. The SMILES string of the molecule is CC(CN1CCCCC1)NCc1cccc2nccnc12. The lowest BCUT2D eigenvalue weighted by atomic mass is 10.1. The molecular weight excluding hydrogens is 260 g/mol. The van der Waals surface area contributed by atoms with E-state index in [0.29, 0.717) is 6.04 Å². The quantitative estimate of drug-likeness (QED) is 0.916. The van der Waals surface area contributed by atoms with Gasteiger partial charge in [-0.1, -0.05) is 18.6 Å². The number of hydrogen-bond acceptors (Lipinski definition) is 4. The van der Waals surface area contributed by atoms with Gasteiger partial charge < -0.3 is 10.2 Å². The Labute approximate surface area is 126 Å². The molecule has 1 aromatic carbocycles. The molecule has 1 unspecified atom stereocenters. The fourth-order valence-electron chi connectivity index (χ4n) is 3.07. The molecule has 0 saturated carbocycles. The van der Waals surface area contributed by atoms with Gasteiger partial charge in [0.1, 0.15) is 0 Å². The standard InChI is InChI=1S/C17H24N4/c1-14(13-21-10-3-2-4-11-21)20-12-15-6-5-7-16-17(15)19-9-8-18-16/h5-9,14,20H,2-4,10-13H2,1H3. The number of nitrogens with one attached hydrogen (secondary N) is 1. The van der Waals surface area contributed by atoms with Crippen LogP contribution in [0.5, 0.6) is 0 Å². The number of para-hydroxylation sites is 1. The Bertz CT molecular complexity index is 573. The van der Waals surface area contributed by atoms with Crippen LogP contribution in [0.4, 0.5) is 0 Å². The molecule has 1 aromatic heterocycles. The largest absolute Gasteiger partial charge is 0.309 e. The van der Waals surface area contributed by atoms with Gasteiger partial charge in [0.15, 0.2) is 0 Å². The van der Waals surface area contributed by atoms with Gasteiger partial charge in [-0.25, -0.2) is 0 Å². The van der Waals surface area contributed by atoms with Gasteiger partial charge in [0.25, 0.3) is 0 Å². The van der Waals surface area contributed by atoms with Crippen molar-refractivity contribution in [1.29, 1.82) is 0 Å². The molecule has 4 heteroatoms. The lowest BCUT2D eigenvalue weighted by Gasteiger charge is -2.29. The summed E-state index contributed by atoms with van der Waals surface area (Å²) < 4.78 is 0. The molecular formula is C17H24N4. The zero-order valence-electron chi connectivity index (χ0n) is 12.8. The van der Waals surface area contributed by atoms with Crippen LogP contribution in [0.1, 0.15) is 31.7 Å². The van der Waals surface area contributed by atoms with E-state index in [-0.39, 0.29) is 0 Å². The van der Waals surface area contributed by atoms with E-state index in [1.165, 1.54) is 37.9 Å². The Kier molecular flexibility index (Phi) is 4.78. The molecule has 0 amide bonds. The van der Waals surface area contributed by atoms with E-state index < -0.39 is 0 Å². The molecule has 0 radical (unpaired) electrons. The lowest BCUT2D eigenvalue weighted by Crippen LogP contribution is -2.41. The molecule has 112 valence electrons. The Hall–Kier alpha value is -1.52. The molecule has 1 N–H and O–H groups in total. The van der Waals surface area contributed by atoms with Crippen molar-refractivity contribution >= 4 is 11.0 Å². The molecule has 3 rings (SSSR count). The number of likely N-dealkylation sites (tertiary alicyclic amines) is 1. The van der Waals surface area contributed by atoms with Crippen molar-refractivity contribution in [3.8, 4) is 0 Å². The summed E-state index contributed by atoms with van der Waals surface area (Å²) in [4.78, 5) is 11.4. The summed E-state index contributed by atoms with van der Waals surface area (Å²) in [5.74, 6) is 0. The maximum Gasteiger partial charge on any atom is 0.0931 e. The van der Waals surface area contributed by atoms with Crippen molar-refractivity contribution < 1.29 is 0 Å². The summed E-state index contributed by atoms with van der Waals surface area (Å²) in [6.45, 7) is 6.77. The fourth-order valence-corrected chi connectivity index (χ4v) is 3.07. The third-order valence-corrected chi connectivity index (χ3v) is 4.20. The first kappa shape index (κ1) is 14.4. The van der Waals surface area contributed by atoms with Crippen molar-refractivity contribution in [1.82, 2.24) is 20.2 Å². The summed E-state index contributed by atoms with van der Waals surface area (Å²) in [6, 6.07) is 6.71. The molecule has 1 aliphatic rings. The molecule has 0 aliphatic carbocycles. The second-order valence-electron chi connectivity index (χ2n) is 5.98. The second-order valence-corrected chi connectivity index (χ2v) is 5.98. The summed E-state index contributed by atoms with van der Waals surface area (Å²) >= 11 is 0. The van der Waals surface area contributed by atoms with Crippen molar-refractivity contribution in [2.24, 2.45) is 0 Å². The number of aromatic nitrogens is 2. The number of benzene rings is 1. The topological polar surface area (TPSA) is 41.0 Å². The maximum absolute atomic E-state index is 4.46. The Morgan fingerprint density at radius 1 is 1.14 bits per heavy atom. The highest BCUT2D eigenvalue weighted by molar-refractivity contribution is 5.77. The van der Waals surface area contributed by atoms with Gasteiger partial charge in [0, 0.05) is 31.5 Å². The highest BCUT2D eigenvalue weighted by Gasteiger charge is 2.13. The van der Waals surface area contributed by atoms with Gasteiger partial charge in [-0.2, -0.15) is 0 Å². The average Bonchev–Trinajstić information content (AvgIpc) is 2.54. The number of nitrogens with zero attached hydrogens (tertiary/aromatic N) is 3. The Morgan fingerprint density at radius 2 is 1.95 bits per heavy atom. The van der Waals surface area contributed by atoms with Gasteiger partial charge in [0.05, 0.1) is 11.0 Å². The molecule has 2 heterocycles. The zero-order chi connectivity index (χ0) is 14.5. The average molecular weight is 284 g/mol. The van der Waals surface area contributed by atoms with E-state index in [4.69, 9.17) is 0 Å². The Balaban J connectivity index is 1.58. The molecule has 2 aromatic rings. The maximum atomic E-state index is 4.46. The van der Waals surface area contributed by atoms with Gasteiger partial charge in [-0.05, 0) is 44.5 Å². The van der Waals surface area contributed by atoms with Crippen LogP contribution >= 0.6 is 0 Å². The predicted octanol–water partition coefficient (Wildman–Crippen LogP) is 2.59. The highest BCUT2D eigenvalue weighted by atomic mass is 15.1. The van der Waals surface area contributed by atoms with Crippen LogP contribution in [-0.2, 0) is 6.54 Å². The number of fused-ring (bicyclic) bond motifs is 1. The molecule has 1 fully saturated rings. The van der Waals surface area contributed by atoms with Gasteiger partial charge in [0.2, 0.25) is 0 Å². The van der Waals surface area contributed by atoms with Crippen molar-refractivity contribution in [3.05, 3.63) is 36.2 Å². The van der Waals surface area contributed by atoms with Crippen molar-refractivity contribution in [2.75, 3.05) is 19.6 Å². The summed E-state index contributed by atoms with van der Waals surface area (Å²) in [5, 5.41) is 3.63. The van der Waals surface area contributed by atoms with Crippen LogP contribution < -0.4 is 5.32 Å². The van der Waals surface area contributed by atoms with Crippen molar-refractivity contribution in [2.45, 2.75) is 38.8 Å². The third-order valence-electron chi connectivity index (χ3n) is 4.20. The van der Waals surface area contributed by atoms with Gasteiger partial charge >= 0.3 is 0 Å². The van der Waals surface area contributed by atoms with Crippen LogP contribution in [0.25, 0.3) is 11.0 Å². The molecule has 0 spiro atoms. The molecule has 1 aliphatic heterocycles. The first-order valence-electron chi connectivity index (χ1n) is 7.97. The van der Waals surface area contributed by atoms with E-state index in [2.05, 4.69) is 39.2 Å². The van der Waals surface area contributed by atoms with Crippen LogP contribution in [0.3, 0.4) is 0 Å². The molecule has 1 atom stereocenters. The van der Waals surface area contributed by atoms with E-state index in [1.54, 1.807) is 12.4 Å². The summed E-state index contributed by atoms with van der Waals surface area (Å²) in [6.07, 6.45) is 7.62. The first-order valence-corrected chi connectivity index (χ1v) is 7.97. The summed E-state index contributed by atoms with van der Waals surface area (Å²) in [7, 11) is 0. The number of piperidine rings is 1. The normalized spacial score (nSPS) is 18.0. The van der Waals surface area contributed by atoms with Gasteiger partial charge in [-0.3, -0.25) is 9.97 Å². The van der Waals surface area contributed by atoms with E-state index in [9.17, 15) is 0 Å². The number of hydrogen-bond donors (Lipinski definition) is 1. The lowest BCUT2D eigenvalue weighted by molar-refractivity contribution is 0.209. The minimum Gasteiger partial charge on any atom is -0.309 e. The smallest absolute Gasteiger partial charge is 0.0931 e. The molecule has 0 bridgehead atoms. The van der Waals surface area contributed by atoms with E-state index >= 15 is 0 Å². The van der Waals surface area contributed by atoms with E-state index in [1.807, 2.05) is 6.07 Å². The van der Waals surface area contributed by atoms with Crippen LogP contribution in [-0.4, -0.2) is 40.5 Å².